The van der Waals surface area contributed by atoms with Gasteiger partial charge in [0.05, 0.1) is 17.1 Å². The van der Waals surface area contributed by atoms with Crippen LogP contribution in [0.4, 0.5) is 11.6 Å². The number of imidazole rings is 1. The van der Waals surface area contributed by atoms with Crippen molar-refractivity contribution in [2.45, 2.75) is 40.7 Å². The van der Waals surface area contributed by atoms with Crippen LogP contribution in [0.5, 0.6) is 0 Å². The third-order valence-corrected chi connectivity index (χ3v) is 2.88. The minimum atomic E-state index is 0.382. The molecule has 0 aliphatic rings. The molecule has 1 N–H and O–H groups in total. The van der Waals surface area contributed by atoms with Gasteiger partial charge in [0.1, 0.15) is 0 Å². The number of anilines is 2. The summed E-state index contributed by atoms with van der Waals surface area (Å²) >= 11 is 0. The highest BCUT2D eigenvalue weighted by Gasteiger charge is 2.10. The Morgan fingerprint density at radius 1 is 1.06 bits per heavy atom. The molecule has 96 valence electrons. The summed E-state index contributed by atoms with van der Waals surface area (Å²) in [4.78, 5) is 8.97. The number of nitrogens with one attached hydrogen (secondary N) is 1. The SMILES string of the molecule is Cc1ccc(Nc2nc(C)cn2C(C)C)c(C)n1. The first-order valence-corrected chi connectivity index (χ1v) is 6.24. The molecule has 0 radical (unpaired) electrons. The van der Waals surface area contributed by atoms with Gasteiger partial charge in [0.15, 0.2) is 0 Å². The van der Waals surface area contributed by atoms with Crippen molar-refractivity contribution in [1.82, 2.24) is 14.5 Å². The summed E-state index contributed by atoms with van der Waals surface area (Å²) in [6.45, 7) is 10.3. The van der Waals surface area contributed by atoms with Crippen LogP contribution < -0.4 is 5.32 Å². The molecule has 4 heteroatoms. The van der Waals surface area contributed by atoms with Gasteiger partial charge in [0.2, 0.25) is 5.95 Å². The molecule has 0 unspecified atom stereocenters. The monoisotopic (exact) mass is 244 g/mol. The molecule has 0 saturated heterocycles. The molecule has 4 nitrogen and oxygen atoms in total. The maximum Gasteiger partial charge on any atom is 0.207 e. The van der Waals surface area contributed by atoms with Crippen molar-refractivity contribution in [3.63, 3.8) is 0 Å². The molecule has 0 saturated carbocycles. The quantitative estimate of drug-likeness (QED) is 0.898. The molecule has 0 atom stereocenters. The fourth-order valence-electron chi connectivity index (χ4n) is 1.94. The van der Waals surface area contributed by atoms with Crippen LogP contribution in [0.3, 0.4) is 0 Å². The lowest BCUT2D eigenvalue weighted by Crippen LogP contribution is -2.06. The van der Waals surface area contributed by atoms with Gasteiger partial charge in [-0.15, -0.1) is 0 Å². The highest BCUT2D eigenvalue weighted by Crippen LogP contribution is 2.21. The molecule has 2 aromatic rings. The van der Waals surface area contributed by atoms with Crippen LogP contribution in [0.2, 0.25) is 0 Å². The third-order valence-electron chi connectivity index (χ3n) is 2.88. The van der Waals surface area contributed by atoms with Gasteiger partial charge >= 0.3 is 0 Å². The number of hydrogen-bond donors (Lipinski definition) is 1. The molecule has 0 spiro atoms. The van der Waals surface area contributed by atoms with Crippen molar-refractivity contribution < 1.29 is 0 Å². The Kier molecular flexibility index (Phi) is 3.36. The van der Waals surface area contributed by atoms with Crippen molar-refractivity contribution in [3.05, 3.63) is 35.4 Å². The Hall–Kier alpha value is -1.84. The van der Waals surface area contributed by atoms with E-state index in [1.807, 2.05) is 32.9 Å². The summed E-state index contributed by atoms with van der Waals surface area (Å²) in [5.74, 6) is 0.872. The van der Waals surface area contributed by atoms with Gasteiger partial charge in [-0.1, -0.05) is 0 Å². The molecule has 2 heterocycles. The summed E-state index contributed by atoms with van der Waals surface area (Å²) in [5, 5.41) is 3.36. The zero-order valence-electron chi connectivity index (χ0n) is 11.7. The number of aromatic nitrogens is 3. The van der Waals surface area contributed by atoms with Crippen LogP contribution in [-0.2, 0) is 0 Å². The average Bonchev–Trinajstić information content (AvgIpc) is 2.64. The first kappa shape index (κ1) is 12.6. The van der Waals surface area contributed by atoms with Gasteiger partial charge in [-0.3, -0.25) is 4.98 Å². The number of aryl methyl sites for hydroxylation is 3. The van der Waals surface area contributed by atoms with E-state index in [2.05, 4.69) is 39.9 Å². The summed E-state index contributed by atoms with van der Waals surface area (Å²) in [6, 6.07) is 4.43. The molecule has 0 aromatic carbocycles. The molecule has 0 bridgehead atoms. The van der Waals surface area contributed by atoms with Crippen LogP contribution in [0.15, 0.2) is 18.3 Å². The molecule has 2 aromatic heterocycles. The van der Waals surface area contributed by atoms with Gasteiger partial charge in [-0.05, 0) is 46.8 Å². The Labute approximate surface area is 108 Å². The molecule has 0 aliphatic carbocycles. The summed E-state index contributed by atoms with van der Waals surface area (Å²) < 4.78 is 2.13. The first-order chi connectivity index (χ1) is 8.47. The number of rotatable bonds is 3. The third kappa shape index (κ3) is 2.53. The molecule has 2 rings (SSSR count). The van der Waals surface area contributed by atoms with Crippen LogP contribution >= 0.6 is 0 Å². The topological polar surface area (TPSA) is 42.7 Å². The minimum Gasteiger partial charge on any atom is -0.324 e. The second-order valence-electron chi connectivity index (χ2n) is 4.92. The highest BCUT2D eigenvalue weighted by molar-refractivity contribution is 5.56. The standard InChI is InChI=1S/C14H20N4/c1-9(2)18-8-11(4)16-14(18)17-13-7-6-10(3)15-12(13)5/h6-9H,1-5H3,(H,16,17). The van der Waals surface area contributed by atoms with E-state index < -0.39 is 0 Å². The van der Waals surface area contributed by atoms with Crippen LogP contribution in [0, 0.1) is 20.8 Å². The Balaban J connectivity index is 2.33. The Morgan fingerprint density at radius 2 is 1.78 bits per heavy atom. The van der Waals surface area contributed by atoms with Gasteiger partial charge in [0, 0.05) is 17.9 Å². The lowest BCUT2D eigenvalue weighted by molar-refractivity contribution is 0.607. The molecular formula is C14H20N4. The normalized spacial score (nSPS) is 11.0. The lowest BCUT2D eigenvalue weighted by Gasteiger charge is -2.13. The van der Waals surface area contributed by atoms with E-state index in [0.717, 1.165) is 28.7 Å². The second kappa shape index (κ2) is 4.80. The predicted molar refractivity (Wildman–Crippen MR) is 74.3 cm³/mol. The van der Waals surface area contributed by atoms with E-state index in [9.17, 15) is 0 Å². The number of nitrogens with zero attached hydrogens (tertiary/aromatic N) is 3. The zero-order valence-corrected chi connectivity index (χ0v) is 11.7. The second-order valence-corrected chi connectivity index (χ2v) is 4.92. The van der Waals surface area contributed by atoms with Crippen LogP contribution in [-0.4, -0.2) is 14.5 Å². The van der Waals surface area contributed by atoms with Gasteiger partial charge in [0.25, 0.3) is 0 Å². The van der Waals surface area contributed by atoms with Crippen molar-refractivity contribution >= 4 is 11.6 Å². The van der Waals surface area contributed by atoms with Gasteiger partial charge < -0.3 is 9.88 Å². The Morgan fingerprint density at radius 3 is 2.39 bits per heavy atom. The molecule has 0 amide bonds. The van der Waals surface area contributed by atoms with Crippen LogP contribution in [0.1, 0.15) is 37.0 Å². The lowest BCUT2D eigenvalue weighted by atomic mass is 10.3. The van der Waals surface area contributed by atoms with Crippen molar-refractivity contribution in [2.75, 3.05) is 5.32 Å². The number of pyridine rings is 1. The van der Waals surface area contributed by atoms with Crippen molar-refractivity contribution in [3.8, 4) is 0 Å². The summed E-state index contributed by atoms with van der Waals surface area (Å²) in [6.07, 6.45) is 2.06. The zero-order chi connectivity index (χ0) is 13.3. The van der Waals surface area contributed by atoms with Crippen molar-refractivity contribution in [1.29, 1.82) is 0 Å². The van der Waals surface area contributed by atoms with E-state index in [4.69, 9.17) is 0 Å². The van der Waals surface area contributed by atoms with E-state index >= 15 is 0 Å². The van der Waals surface area contributed by atoms with Crippen LogP contribution in [0.25, 0.3) is 0 Å². The minimum absolute atomic E-state index is 0.382. The van der Waals surface area contributed by atoms with E-state index in [0.29, 0.717) is 6.04 Å². The smallest absolute Gasteiger partial charge is 0.207 e. The molecule has 0 aliphatic heterocycles. The maximum atomic E-state index is 4.51. The first-order valence-electron chi connectivity index (χ1n) is 6.24. The average molecular weight is 244 g/mol. The van der Waals surface area contributed by atoms with E-state index in [1.54, 1.807) is 0 Å². The Bertz CT molecular complexity index is 555. The highest BCUT2D eigenvalue weighted by atomic mass is 15.2. The molecule has 18 heavy (non-hydrogen) atoms. The van der Waals surface area contributed by atoms with Gasteiger partial charge in [-0.25, -0.2) is 4.98 Å². The maximum absolute atomic E-state index is 4.51. The fraction of sp³-hybridized carbons (Fsp3) is 0.429. The van der Waals surface area contributed by atoms with E-state index in [1.165, 1.54) is 0 Å². The molecular weight excluding hydrogens is 224 g/mol. The number of hydrogen-bond acceptors (Lipinski definition) is 3. The molecule has 0 fully saturated rings. The largest absolute Gasteiger partial charge is 0.324 e. The summed E-state index contributed by atoms with van der Waals surface area (Å²) in [5.41, 5.74) is 4.05. The van der Waals surface area contributed by atoms with E-state index in [-0.39, 0.29) is 0 Å². The van der Waals surface area contributed by atoms with Gasteiger partial charge in [-0.2, -0.15) is 0 Å². The predicted octanol–water partition coefficient (Wildman–Crippen LogP) is 3.53. The van der Waals surface area contributed by atoms with Crippen molar-refractivity contribution in [2.24, 2.45) is 0 Å². The summed E-state index contributed by atoms with van der Waals surface area (Å²) in [7, 11) is 0. The fourth-order valence-corrected chi connectivity index (χ4v) is 1.94.